The number of hydrogen-bond donors (Lipinski definition) is 1. The largest absolute Gasteiger partial charge is 0.507 e. The lowest BCUT2D eigenvalue weighted by molar-refractivity contribution is -0.139. The van der Waals surface area contributed by atoms with Crippen LogP contribution < -0.4 is 9.47 Å². The molecule has 6 nitrogen and oxygen atoms in total. The summed E-state index contributed by atoms with van der Waals surface area (Å²) in [6, 6.07) is 13.5. The standard InChI is InChI=1S/C25H29NO5/c1-4-14-26-22(18-8-7-9-20(16-18)31-15-5-2)21(24(28)25(26)29)23(27)17-10-12-19(13-11-17)30-6-3/h7-13,16,22,27H,4-6,14-15H2,1-3H3/b23-21-. The quantitative estimate of drug-likeness (QED) is 0.359. The van der Waals surface area contributed by atoms with E-state index in [0.29, 0.717) is 43.2 Å². The first kappa shape index (κ1) is 22.4. The van der Waals surface area contributed by atoms with Gasteiger partial charge in [0.2, 0.25) is 0 Å². The second-order valence-corrected chi connectivity index (χ2v) is 7.37. The van der Waals surface area contributed by atoms with E-state index in [9.17, 15) is 14.7 Å². The van der Waals surface area contributed by atoms with Gasteiger partial charge in [0, 0.05) is 12.1 Å². The Kier molecular flexibility index (Phi) is 7.34. The highest BCUT2D eigenvalue weighted by Crippen LogP contribution is 2.40. The second kappa shape index (κ2) is 10.2. The summed E-state index contributed by atoms with van der Waals surface area (Å²) in [5, 5.41) is 11.1. The van der Waals surface area contributed by atoms with Crippen LogP contribution in [0.4, 0.5) is 0 Å². The summed E-state index contributed by atoms with van der Waals surface area (Å²) < 4.78 is 11.2. The van der Waals surface area contributed by atoms with Crippen molar-refractivity contribution >= 4 is 17.4 Å². The van der Waals surface area contributed by atoms with Gasteiger partial charge in [-0.1, -0.05) is 26.0 Å². The molecule has 6 heteroatoms. The molecule has 0 aliphatic carbocycles. The second-order valence-electron chi connectivity index (χ2n) is 7.37. The van der Waals surface area contributed by atoms with Crippen LogP contribution in [0.3, 0.4) is 0 Å². The third kappa shape index (κ3) is 4.74. The van der Waals surface area contributed by atoms with E-state index in [0.717, 1.165) is 12.0 Å². The molecular weight excluding hydrogens is 394 g/mol. The third-order valence-electron chi connectivity index (χ3n) is 5.09. The summed E-state index contributed by atoms with van der Waals surface area (Å²) in [7, 11) is 0. The minimum atomic E-state index is -0.676. The van der Waals surface area contributed by atoms with Crippen molar-refractivity contribution in [1.82, 2.24) is 4.90 Å². The number of aliphatic hydroxyl groups excluding tert-OH is 1. The van der Waals surface area contributed by atoms with Gasteiger partial charge in [0.1, 0.15) is 17.3 Å². The Hall–Kier alpha value is -3.28. The molecule has 1 atom stereocenters. The number of carbonyl (C=O) groups is 2. The zero-order valence-electron chi connectivity index (χ0n) is 18.3. The van der Waals surface area contributed by atoms with E-state index in [1.807, 2.05) is 45.0 Å². The maximum atomic E-state index is 13.0. The molecule has 2 aromatic carbocycles. The van der Waals surface area contributed by atoms with Crippen LogP contribution in [0.15, 0.2) is 54.1 Å². The predicted octanol–water partition coefficient (Wildman–Crippen LogP) is 4.71. The fraction of sp³-hybridized carbons (Fsp3) is 0.360. The summed E-state index contributed by atoms with van der Waals surface area (Å²) in [6.07, 6.45) is 1.56. The molecule has 1 heterocycles. The Labute approximate surface area is 183 Å². The molecule has 31 heavy (non-hydrogen) atoms. The highest BCUT2D eigenvalue weighted by atomic mass is 16.5. The van der Waals surface area contributed by atoms with Gasteiger partial charge < -0.3 is 19.5 Å². The first-order valence-electron chi connectivity index (χ1n) is 10.8. The zero-order valence-corrected chi connectivity index (χ0v) is 18.3. The van der Waals surface area contributed by atoms with Gasteiger partial charge >= 0.3 is 0 Å². The topological polar surface area (TPSA) is 76.1 Å². The number of hydrogen-bond acceptors (Lipinski definition) is 5. The van der Waals surface area contributed by atoms with Crippen LogP contribution in [0.5, 0.6) is 11.5 Å². The van der Waals surface area contributed by atoms with Crippen LogP contribution in [0.2, 0.25) is 0 Å². The number of likely N-dealkylation sites (tertiary alicyclic amines) is 1. The Morgan fingerprint density at radius 1 is 0.968 bits per heavy atom. The van der Waals surface area contributed by atoms with Crippen molar-refractivity contribution in [2.24, 2.45) is 0 Å². The van der Waals surface area contributed by atoms with Crippen molar-refractivity contribution < 1.29 is 24.2 Å². The number of Topliss-reactive ketones (excluding diaryl/α,β-unsaturated/α-hetero) is 1. The molecule has 1 unspecified atom stereocenters. The Morgan fingerprint density at radius 3 is 2.35 bits per heavy atom. The number of amides is 1. The lowest BCUT2D eigenvalue weighted by atomic mass is 9.95. The smallest absolute Gasteiger partial charge is 0.295 e. The third-order valence-corrected chi connectivity index (χ3v) is 5.09. The van der Waals surface area contributed by atoms with Crippen LogP contribution in [0.25, 0.3) is 5.76 Å². The summed E-state index contributed by atoms with van der Waals surface area (Å²) >= 11 is 0. The van der Waals surface area contributed by atoms with Gasteiger partial charge in [-0.15, -0.1) is 0 Å². The van der Waals surface area contributed by atoms with Crippen LogP contribution in [0.1, 0.15) is 50.8 Å². The monoisotopic (exact) mass is 423 g/mol. The lowest BCUT2D eigenvalue weighted by Crippen LogP contribution is -2.30. The Balaban J connectivity index is 2.08. The van der Waals surface area contributed by atoms with E-state index in [2.05, 4.69) is 0 Å². The van der Waals surface area contributed by atoms with Crippen LogP contribution in [-0.4, -0.2) is 41.5 Å². The molecule has 1 aliphatic rings. The van der Waals surface area contributed by atoms with E-state index in [1.165, 1.54) is 4.90 Å². The molecule has 1 saturated heterocycles. The molecule has 1 N–H and O–H groups in total. The number of carbonyl (C=O) groups excluding carboxylic acids is 2. The molecule has 0 radical (unpaired) electrons. The molecule has 1 fully saturated rings. The van der Waals surface area contributed by atoms with Gasteiger partial charge in [0.15, 0.2) is 0 Å². The van der Waals surface area contributed by atoms with Crippen LogP contribution in [-0.2, 0) is 9.59 Å². The molecule has 0 saturated carbocycles. The summed E-state index contributed by atoms with van der Waals surface area (Å²) in [6.45, 7) is 7.38. The number of aliphatic hydroxyl groups is 1. The fourth-order valence-electron chi connectivity index (χ4n) is 3.72. The summed E-state index contributed by atoms with van der Waals surface area (Å²) in [5.74, 6) is -0.126. The van der Waals surface area contributed by atoms with Crippen molar-refractivity contribution in [3.05, 3.63) is 65.2 Å². The molecule has 164 valence electrons. The first-order valence-corrected chi connectivity index (χ1v) is 10.8. The van der Waals surface area contributed by atoms with Crippen molar-refractivity contribution in [3.63, 3.8) is 0 Å². The molecule has 1 amide bonds. The van der Waals surface area contributed by atoms with Gasteiger partial charge in [0.25, 0.3) is 11.7 Å². The normalized spacial score (nSPS) is 17.8. The fourth-order valence-corrected chi connectivity index (χ4v) is 3.72. The Bertz CT molecular complexity index is 964. The summed E-state index contributed by atoms with van der Waals surface area (Å²) in [5.41, 5.74) is 1.28. The average Bonchev–Trinajstić information content (AvgIpc) is 3.03. The highest BCUT2D eigenvalue weighted by molar-refractivity contribution is 6.46. The first-order chi connectivity index (χ1) is 15.0. The van der Waals surface area contributed by atoms with Crippen molar-refractivity contribution in [1.29, 1.82) is 0 Å². The van der Waals surface area contributed by atoms with Gasteiger partial charge in [-0.3, -0.25) is 9.59 Å². The van der Waals surface area contributed by atoms with E-state index in [-0.39, 0.29) is 11.3 Å². The van der Waals surface area contributed by atoms with Gasteiger partial charge in [0.05, 0.1) is 24.8 Å². The van der Waals surface area contributed by atoms with E-state index in [4.69, 9.17) is 9.47 Å². The average molecular weight is 424 g/mol. The molecule has 0 bridgehead atoms. The maximum absolute atomic E-state index is 13.0. The van der Waals surface area contributed by atoms with Crippen LogP contribution >= 0.6 is 0 Å². The van der Waals surface area contributed by atoms with Crippen molar-refractivity contribution in [2.45, 2.75) is 39.7 Å². The molecule has 2 aromatic rings. The zero-order chi connectivity index (χ0) is 22.4. The molecule has 0 aromatic heterocycles. The highest BCUT2D eigenvalue weighted by Gasteiger charge is 2.45. The maximum Gasteiger partial charge on any atom is 0.295 e. The van der Waals surface area contributed by atoms with Gasteiger partial charge in [-0.2, -0.15) is 0 Å². The predicted molar refractivity (Wildman–Crippen MR) is 119 cm³/mol. The summed E-state index contributed by atoms with van der Waals surface area (Å²) in [4.78, 5) is 27.3. The molecular formula is C25H29NO5. The number of benzene rings is 2. The van der Waals surface area contributed by atoms with Gasteiger partial charge in [-0.05, 0) is 61.7 Å². The van der Waals surface area contributed by atoms with E-state index in [1.54, 1.807) is 24.3 Å². The number of nitrogens with zero attached hydrogens (tertiary/aromatic N) is 1. The lowest BCUT2D eigenvalue weighted by Gasteiger charge is -2.25. The van der Waals surface area contributed by atoms with E-state index < -0.39 is 17.7 Å². The van der Waals surface area contributed by atoms with Gasteiger partial charge in [-0.25, -0.2) is 0 Å². The molecule has 3 rings (SSSR count). The minimum Gasteiger partial charge on any atom is -0.507 e. The molecule has 0 spiro atoms. The van der Waals surface area contributed by atoms with Crippen LogP contribution in [0, 0.1) is 0 Å². The molecule has 1 aliphatic heterocycles. The van der Waals surface area contributed by atoms with E-state index >= 15 is 0 Å². The minimum absolute atomic E-state index is 0.0928. The number of rotatable bonds is 9. The SMILES string of the molecule is CCCOc1cccc(C2/C(=C(/O)c3ccc(OCC)cc3)C(=O)C(=O)N2CCC)c1. The number of ketones is 1. The Morgan fingerprint density at radius 2 is 1.71 bits per heavy atom. The van der Waals surface area contributed by atoms with Crippen molar-refractivity contribution in [3.8, 4) is 11.5 Å². The number of ether oxygens (including phenoxy) is 2. The van der Waals surface area contributed by atoms with Crippen molar-refractivity contribution in [2.75, 3.05) is 19.8 Å².